The normalized spacial score (nSPS) is 19.6. The Labute approximate surface area is 231 Å². The summed E-state index contributed by atoms with van der Waals surface area (Å²) in [6.07, 6.45) is 0.296. The van der Waals surface area contributed by atoms with Crippen LogP contribution < -0.4 is 9.47 Å². The molecule has 1 aliphatic carbocycles. The number of likely N-dealkylation sites (tertiary alicyclic amines) is 1. The highest BCUT2D eigenvalue weighted by Gasteiger charge is 2.31. The Kier molecular flexibility index (Phi) is 8.35. The Morgan fingerprint density at radius 1 is 1.00 bits per heavy atom. The largest absolute Gasteiger partial charge is 0.573 e. The van der Waals surface area contributed by atoms with Crippen LogP contribution in [0.4, 0.5) is 17.6 Å². The first-order valence-corrected chi connectivity index (χ1v) is 13.6. The Bertz CT molecular complexity index is 1350. The van der Waals surface area contributed by atoms with Crippen molar-refractivity contribution in [2.24, 2.45) is 0 Å². The molecule has 0 saturated carbocycles. The molecule has 1 fully saturated rings. The number of fused-ring (bicyclic) bond motifs is 1. The highest BCUT2D eigenvalue weighted by atomic mass is 19.4. The van der Waals surface area contributed by atoms with Crippen molar-refractivity contribution in [3.8, 4) is 17.2 Å². The van der Waals surface area contributed by atoms with Gasteiger partial charge in [0.05, 0.1) is 6.67 Å². The molecule has 1 aliphatic heterocycles. The Balaban J connectivity index is 1.36. The van der Waals surface area contributed by atoms with E-state index in [9.17, 15) is 22.7 Å². The quantitative estimate of drug-likeness (QED) is 0.291. The number of hydrogen-bond acceptors (Lipinski definition) is 4. The zero-order valence-corrected chi connectivity index (χ0v) is 22.4. The van der Waals surface area contributed by atoms with E-state index in [4.69, 9.17) is 4.74 Å². The topological polar surface area (TPSA) is 41.9 Å². The molecule has 5 rings (SSSR count). The summed E-state index contributed by atoms with van der Waals surface area (Å²) < 4.78 is 60.9. The third-order valence-corrected chi connectivity index (χ3v) is 7.67. The second kappa shape index (κ2) is 11.9. The van der Waals surface area contributed by atoms with Gasteiger partial charge in [0, 0.05) is 19.6 Å². The van der Waals surface area contributed by atoms with Crippen molar-refractivity contribution in [3.05, 3.63) is 94.6 Å². The summed E-state index contributed by atoms with van der Waals surface area (Å²) in [6, 6.07) is 17.8. The zero-order valence-electron chi connectivity index (χ0n) is 22.4. The lowest BCUT2D eigenvalue weighted by Crippen LogP contribution is -2.26. The van der Waals surface area contributed by atoms with Gasteiger partial charge in [-0.15, -0.1) is 13.2 Å². The average Bonchev–Trinajstić information content (AvgIpc) is 3.26. The lowest BCUT2D eigenvalue weighted by molar-refractivity contribution is -0.274. The molecule has 1 saturated heterocycles. The summed E-state index contributed by atoms with van der Waals surface area (Å²) in [7, 11) is 0. The van der Waals surface area contributed by atoms with E-state index < -0.39 is 6.36 Å². The number of nitrogens with zero attached hydrogens (tertiary/aromatic N) is 1. The highest BCUT2D eigenvalue weighted by Crippen LogP contribution is 2.40. The number of allylic oxidation sites excluding steroid dienone is 1. The molecule has 8 heteroatoms. The third-order valence-electron chi connectivity index (χ3n) is 7.67. The van der Waals surface area contributed by atoms with Crippen molar-refractivity contribution >= 4 is 5.57 Å². The van der Waals surface area contributed by atoms with Crippen LogP contribution in [0.2, 0.25) is 0 Å². The van der Waals surface area contributed by atoms with Gasteiger partial charge in [-0.25, -0.2) is 0 Å². The van der Waals surface area contributed by atoms with Crippen molar-refractivity contribution in [1.29, 1.82) is 0 Å². The first-order chi connectivity index (χ1) is 19.2. The molecule has 2 atom stereocenters. The molecule has 3 aromatic carbocycles. The van der Waals surface area contributed by atoms with Crippen LogP contribution in [0.5, 0.6) is 17.2 Å². The molecule has 1 N–H and O–H groups in total. The SMILES string of the molecule is Cc1cc(OC(F)(F)F)ccc1C1CC=C(c2ccc(O[C@H]3CCN(CCCF)C3)cc2)c2ccc(O)cc2C1. The van der Waals surface area contributed by atoms with Gasteiger partial charge >= 0.3 is 6.36 Å². The van der Waals surface area contributed by atoms with Crippen LogP contribution in [0.1, 0.15) is 53.0 Å². The fourth-order valence-corrected chi connectivity index (χ4v) is 5.83. The molecule has 1 unspecified atom stereocenters. The number of aromatic hydroxyl groups is 1. The predicted molar refractivity (Wildman–Crippen MR) is 147 cm³/mol. The number of phenolic OH excluding ortho intramolecular Hbond substituents is 1. The van der Waals surface area contributed by atoms with Gasteiger partial charge in [-0.1, -0.05) is 30.3 Å². The minimum absolute atomic E-state index is 0.0169. The number of hydrogen-bond donors (Lipinski definition) is 1. The van der Waals surface area contributed by atoms with E-state index in [-0.39, 0.29) is 30.2 Å². The van der Waals surface area contributed by atoms with Gasteiger partial charge in [0.15, 0.2) is 0 Å². The fraction of sp³-hybridized carbons (Fsp3) is 0.375. The molecule has 4 nitrogen and oxygen atoms in total. The average molecular weight is 556 g/mol. The van der Waals surface area contributed by atoms with E-state index in [1.54, 1.807) is 25.1 Å². The minimum Gasteiger partial charge on any atom is -0.508 e. The van der Waals surface area contributed by atoms with Crippen LogP contribution in [0.15, 0.2) is 66.7 Å². The second-order valence-electron chi connectivity index (χ2n) is 10.6. The molecule has 0 spiro atoms. The standard InChI is InChI=1S/C32H33F4NO3/c1-21-17-27(40-32(34,35)36)9-12-29(21)23-5-10-30(31-11-6-25(38)19-24(31)18-23)22-3-7-26(8-4-22)39-28-13-16-37(20-28)15-2-14-33/h3-4,6-12,17,19,23,28,38H,2,5,13-16,18,20H2,1H3/t23?,28-/m0/s1. The molecule has 0 amide bonds. The van der Waals surface area contributed by atoms with Gasteiger partial charge in [0.25, 0.3) is 0 Å². The molecule has 2 aliphatic rings. The number of ether oxygens (including phenoxy) is 2. The number of alkyl halides is 4. The lowest BCUT2D eigenvalue weighted by Gasteiger charge is -2.19. The van der Waals surface area contributed by atoms with Crippen LogP contribution in [0.3, 0.4) is 0 Å². The van der Waals surface area contributed by atoms with Crippen molar-refractivity contribution in [2.45, 2.75) is 51.0 Å². The van der Waals surface area contributed by atoms with E-state index in [0.29, 0.717) is 19.3 Å². The first-order valence-electron chi connectivity index (χ1n) is 13.6. The molecule has 0 bridgehead atoms. The molecular weight excluding hydrogens is 522 g/mol. The summed E-state index contributed by atoms with van der Waals surface area (Å²) in [6.45, 7) is 3.96. The van der Waals surface area contributed by atoms with Crippen molar-refractivity contribution in [1.82, 2.24) is 4.90 Å². The van der Waals surface area contributed by atoms with Gasteiger partial charge < -0.3 is 14.6 Å². The first kappa shape index (κ1) is 28.0. The predicted octanol–water partition coefficient (Wildman–Crippen LogP) is 7.57. The van der Waals surface area contributed by atoms with Crippen LogP contribution >= 0.6 is 0 Å². The molecule has 0 aromatic heterocycles. The number of aryl methyl sites for hydroxylation is 1. The molecule has 1 heterocycles. The lowest BCUT2D eigenvalue weighted by atomic mass is 9.87. The maximum absolute atomic E-state index is 12.7. The van der Waals surface area contributed by atoms with E-state index in [1.165, 1.54) is 12.1 Å². The van der Waals surface area contributed by atoms with Crippen LogP contribution in [0.25, 0.3) is 5.57 Å². The number of rotatable bonds is 8. The Hall–Kier alpha value is -3.52. The Morgan fingerprint density at radius 2 is 1.77 bits per heavy atom. The van der Waals surface area contributed by atoms with Gasteiger partial charge in [0.1, 0.15) is 23.4 Å². The van der Waals surface area contributed by atoms with Gasteiger partial charge in [-0.2, -0.15) is 0 Å². The minimum atomic E-state index is -4.74. The monoisotopic (exact) mass is 555 g/mol. The van der Waals surface area contributed by atoms with Crippen LogP contribution in [-0.2, 0) is 6.42 Å². The van der Waals surface area contributed by atoms with Gasteiger partial charge in [-0.3, -0.25) is 9.29 Å². The molecule has 40 heavy (non-hydrogen) atoms. The smallest absolute Gasteiger partial charge is 0.508 e. The second-order valence-corrected chi connectivity index (χ2v) is 10.6. The number of phenols is 1. The van der Waals surface area contributed by atoms with Crippen LogP contribution in [-0.4, -0.2) is 48.8 Å². The van der Waals surface area contributed by atoms with Crippen LogP contribution in [0, 0.1) is 6.92 Å². The summed E-state index contributed by atoms with van der Waals surface area (Å²) in [4.78, 5) is 2.23. The maximum atomic E-state index is 12.7. The van der Waals surface area contributed by atoms with Gasteiger partial charge in [0.2, 0.25) is 0 Å². The third kappa shape index (κ3) is 6.78. The highest BCUT2D eigenvalue weighted by molar-refractivity contribution is 5.82. The van der Waals surface area contributed by atoms with Gasteiger partial charge in [-0.05, 0) is 108 Å². The van der Waals surface area contributed by atoms with E-state index in [1.807, 2.05) is 30.3 Å². The molecule has 212 valence electrons. The Morgan fingerprint density at radius 3 is 2.50 bits per heavy atom. The maximum Gasteiger partial charge on any atom is 0.573 e. The van der Waals surface area contributed by atoms with Crippen molar-refractivity contribution < 1.29 is 32.1 Å². The molecule has 3 aromatic rings. The van der Waals surface area contributed by atoms with E-state index in [0.717, 1.165) is 65.2 Å². The summed E-state index contributed by atoms with van der Waals surface area (Å²) >= 11 is 0. The summed E-state index contributed by atoms with van der Waals surface area (Å²) in [5.74, 6) is 0.744. The summed E-state index contributed by atoms with van der Waals surface area (Å²) in [5.41, 5.74) is 5.72. The van der Waals surface area contributed by atoms with E-state index in [2.05, 4.69) is 15.7 Å². The number of benzene rings is 3. The molecular formula is C32H33F4NO3. The fourth-order valence-electron chi connectivity index (χ4n) is 5.83. The molecule has 0 radical (unpaired) electrons. The zero-order chi connectivity index (χ0) is 28.3. The number of halogens is 4. The summed E-state index contributed by atoms with van der Waals surface area (Å²) in [5, 5.41) is 10.3. The van der Waals surface area contributed by atoms with Crippen molar-refractivity contribution in [2.75, 3.05) is 26.3 Å². The van der Waals surface area contributed by atoms with Crippen molar-refractivity contribution in [3.63, 3.8) is 0 Å². The van der Waals surface area contributed by atoms with E-state index >= 15 is 0 Å².